The van der Waals surface area contributed by atoms with Crippen molar-refractivity contribution in [1.82, 2.24) is 19.2 Å². The first-order valence-electron chi connectivity index (χ1n) is 13.8. The Balaban J connectivity index is 1.58. The minimum Gasteiger partial charge on any atom is -0.378 e. The van der Waals surface area contributed by atoms with Gasteiger partial charge in [-0.3, -0.25) is 19.2 Å². The Morgan fingerprint density at radius 3 is 2.42 bits per heavy atom. The number of nitrogens with one attached hydrogen (secondary N) is 1. The number of pyridine rings is 1. The molecule has 5 rings (SSSR count). The molecule has 12 heteroatoms. The molecule has 1 saturated heterocycles. The van der Waals surface area contributed by atoms with Gasteiger partial charge < -0.3 is 19.5 Å². The highest BCUT2D eigenvalue weighted by Gasteiger charge is 2.28. The molecule has 0 radical (unpaired) electrons. The highest BCUT2D eigenvalue weighted by molar-refractivity contribution is 7.16. The molecule has 10 nitrogen and oxygen atoms in total. The average molecular weight is 622 g/mol. The number of morpholine rings is 1. The van der Waals surface area contributed by atoms with Gasteiger partial charge in [-0.1, -0.05) is 62.7 Å². The van der Waals surface area contributed by atoms with Gasteiger partial charge in [-0.15, -0.1) is 11.3 Å². The molecule has 1 N–H and O–H groups in total. The quantitative estimate of drug-likeness (QED) is 0.273. The fourth-order valence-electron chi connectivity index (χ4n) is 4.60. The summed E-state index contributed by atoms with van der Waals surface area (Å²) in [6, 6.07) is 15.5. The minimum atomic E-state index is -0.746. The summed E-state index contributed by atoms with van der Waals surface area (Å²) in [5.41, 5.74) is -0.186. The van der Waals surface area contributed by atoms with E-state index in [0.29, 0.717) is 59.8 Å². The number of carbonyl (C=O) groups excluding carboxylic acids is 3. The largest absolute Gasteiger partial charge is 0.378 e. The van der Waals surface area contributed by atoms with Crippen LogP contribution >= 0.6 is 22.9 Å². The van der Waals surface area contributed by atoms with Crippen molar-refractivity contribution in [3.05, 3.63) is 91.5 Å². The summed E-state index contributed by atoms with van der Waals surface area (Å²) >= 11 is 7.52. The van der Waals surface area contributed by atoms with Gasteiger partial charge in [-0.25, -0.2) is 0 Å². The van der Waals surface area contributed by atoms with Crippen LogP contribution in [0.2, 0.25) is 4.34 Å². The summed E-state index contributed by atoms with van der Waals surface area (Å²) in [6.07, 6.45) is 1.51. The van der Waals surface area contributed by atoms with E-state index in [1.165, 1.54) is 32.8 Å². The first-order valence-corrected chi connectivity index (χ1v) is 15.0. The highest BCUT2D eigenvalue weighted by atomic mass is 35.5. The molecule has 224 valence electrons. The van der Waals surface area contributed by atoms with E-state index in [1.54, 1.807) is 68.1 Å². The Labute approximate surface area is 257 Å². The lowest BCUT2D eigenvalue weighted by atomic mass is 9.96. The van der Waals surface area contributed by atoms with Gasteiger partial charge in [0.15, 0.2) is 5.78 Å². The Bertz CT molecular complexity index is 1710. The van der Waals surface area contributed by atoms with Crippen molar-refractivity contribution in [2.45, 2.75) is 33.9 Å². The number of hydrogen-bond donors (Lipinski definition) is 1. The van der Waals surface area contributed by atoms with Gasteiger partial charge >= 0.3 is 0 Å². The van der Waals surface area contributed by atoms with Gasteiger partial charge in [-0.05, 0) is 18.2 Å². The molecule has 4 heterocycles. The number of amides is 1. The maximum absolute atomic E-state index is 13.6. The number of thiophene rings is 1. The van der Waals surface area contributed by atoms with Crippen LogP contribution in [0.3, 0.4) is 0 Å². The summed E-state index contributed by atoms with van der Waals surface area (Å²) in [7, 11) is 0. The van der Waals surface area contributed by atoms with Crippen LogP contribution in [0.4, 0.5) is 5.82 Å². The van der Waals surface area contributed by atoms with E-state index < -0.39 is 16.9 Å². The minimum absolute atomic E-state index is 0.0836. The van der Waals surface area contributed by atoms with Gasteiger partial charge in [-0.2, -0.15) is 9.78 Å². The number of anilines is 1. The maximum atomic E-state index is 13.6. The van der Waals surface area contributed by atoms with Crippen LogP contribution in [0.25, 0.3) is 11.3 Å². The predicted octanol–water partition coefficient (Wildman–Crippen LogP) is 5.08. The van der Waals surface area contributed by atoms with Gasteiger partial charge in [0, 0.05) is 46.8 Å². The lowest BCUT2D eigenvalue weighted by molar-refractivity contribution is 0.0301. The third kappa shape index (κ3) is 6.96. The summed E-state index contributed by atoms with van der Waals surface area (Å²) in [5, 5.41) is 7.90. The molecule has 0 aliphatic carbocycles. The molecule has 1 fully saturated rings. The Morgan fingerprint density at radius 1 is 1.05 bits per heavy atom. The molecule has 1 aliphatic rings. The van der Waals surface area contributed by atoms with Crippen LogP contribution in [0.1, 0.15) is 51.2 Å². The van der Waals surface area contributed by atoms with Crippen molar-refractivity contribution in [3.63, 3.8) is 0 Å². The van der Waals surface area contributed by atoms with Crippen LogP contribution in [-0.4, -0.2) is 63.1 Å². The van der Waals surface area contributed by atoms with Crippen molar-refractivity contribution >= 4 is 46.4 Å². The summed E-state index contributed by atoms with van der Waals surface area (Å²) in [5.74, 6) is -0.537. The molecule has 3 aromatic heterocycles. The fraction of sp³-hybridized carbons (Fsp3) is 0.323. The topological polar surface area (TPSA) is 116 Å². The molecule has 0 atom stereocenters. The summed E-state index contributed by atoms with van der Waals surface area (Å²) in [4.78, 5) is 56.2. The normalized spacial score (nSPS) is 13.6. The number of ether oxygens (including phenoxy) is 1. The standard InChI is InChI=1S/C31H32ClN5O5S/c1-31(2,3)30(41)37-27(33-17-22-9-10-26(32)43-22)16-24(34-37)21-15-23(28(39)35-11-13-42-14-12-35)29(40)36(18-21)19-25(38)20-7-5-4-6-8-20/h4-10,15-16,18,33H,11-14,17,19H2,1-3H3. The van der Waals surface area contributed by atoms with Crippen molar-refractivity contribution in [3.8, 4) is 11.3 Å². The number of Topliss-reactive ketones (excluding diaryl/α,β-unsaturated/α-hetero) is 1. The number of benzene rings is 1. The lowest BCUT2D eigenvalue weighted by Gasteiger charge is -2.27. The lowest BCUT2D eigenvalue weighted by Crippen LogP contribution is -2.43. The summed E-state index contributed by atoms with van der Waals surface area (Å²) in [6.45, 7) is 6.97. The maximum Gasteiger partial charge on any atom is 0.263 e. The Hall–Kier alpha value is -4.06. The number of ketones is 1. The molecule has 1 aliphatic heterocycles. The van der Waals surface area contributed by atoms with E-state index in [0.717, 1.165) is 4.88 Å². The second-order valence-corrected chi connectivity index (χ2v) is 13.0. The van der Waals surface area contributed by atoms with E-state index in [2.05, 4.69) is 10.4 Å². The van der Waals surface area contributed by atoms with Crippen LogP contribution < -0.4 is 10.9 Å². The second kappa shape index (κ2) is 12.7. The zero-order valence-electron chi connectivity index (χ0n) is 24.1. The average Bonchev–Trinajstić information content (AvgIpc) is 3.62. The third-order valence-corrected chi connectivity index (χ3v) is 8.17. The van der Waals surface area contributed by atoms with Crippen LogP contribution in [-0.2, 0) is 17.8 Å². The predicted molar refractivity (Wildman–Crippen MR) is 166 cm³/mol. The number of halogens is 1. The van der Waals surface area contributed by atoms with Gasteiger partial charge in [0.25, 0.3) is 17.4 Å². The molecule has 1 aromatic carbocycles. The molecule has 0 bridgehead atoms. The number of hydrogen-bond acceptors (Lipinski definition) is 8. The van der Waals surface area contributed by atoms with Crippen molar-refractivity contribution in [1.29, 1.82) is 0 Å². The van der Waals surface area contributed by atoms with Crippen molar-refractivity contribution < 1.29 is 19.1 Å². The first kappa shape index (κ1) is 30.4. The zero-order valence-corrected chi connectivity index (χ0v) is 25.7. The fourth-order valence-corrected chi connectivity index (χ4v) is 5.63. The van der Waals surface area contributed by atoms with Crippen molar-refractivity contribution in [2.75, 3.05) is 31.6 Å². The molecule has 0 saturated carbocycles. The molecule has 43 heavy (non-hydrogen) atoms. The molecule has 0 spiro atoms. The zero-order chi connectivity index (χ0) is 30.7. The highest BCUT2D eigenvalue weighted by Crippen LogP contribution is 2.28. The number of carbonyl (C=O) groups is 3. The smallest absolute Gasteiger partial charge is 0.263 e. The third-order valence-electron chi connectivity index (χ3n) is 6.94. The van der Waals surface area contributed by atoms with Gasteiger partial charge in [0.2, 0.25) is 0 Å². The van der Waals surface area contributed by atoms with Crippen LogP contribution in [0.5, 0.6) is 0 Å². The molecular formula is C31H32ClN5O5S. The van der Waals surface area contributed by atoms with E-state index in [1.807, 2.05) is 6.07 Å². The molecule has 4 aromatic rings. The van der Waals surface area contributed by atoms with Crippen LogP contribution in [0, 0.1) is 5.41 Å². The van der Waals surface area contributed by atoms with E-state index in [9.17, 15) is 19.2 Å². The SMILES string of the molecule is CC(C)(C)C(=O)n1nc(-c2cc(C(=O)N3CCOCC3)c(=O)n(CC(=O)c3ccccc3)c2)cc1NCc1ccc(Cl)s1. The van der Waals surface area contributed by atoms with Crippen LogP contribution in [0.15, 0.2) is 65.6 Å². The summed E-state index contributed by atoms with van der Waals surface area (Å²) < 4.78 is 8.57. The number of aromatic nitrogens is 3. The van der Waals surface area contributed by atoms with E-state index in [4.69, 9.17) is 16.3 Å². The Kier molecular flexibility index (Phi) is 8.95. The monoisotopic (exact) mass is 621 g/mol. The number of rotatable bonds is 8. The molecule has 0 unspecified atom stereocenters. The Morgan fingerprint density at radius 2 is 1.77 bits per heavy atom. The number of nitrogens with zero attached hydrogens (tertiary/aromatic N) is 4. The van der Waals surface area contributed by atoms with E-state index >= 15 is 0 Å². The van der Waals surface area contributed by atoms with Gasteiger partial charge in [0.05, 0.1) is 36.3 Å². The first-order chi connectivity index (χ1) is 20.5. The molecule has 1 amide bonds. The molecular weight excluding hydrogens is 590 g/mol. The van der Waals surface area contributed by atoms with Gasteiger partial charge in [0.1, 0.15) is 11.4 Å². The van der Waals surface area contributed by atoms with E-state index in [-0.39, 0.29) is 23.8 Å². The second-order valence-electron chi connectivity index (χ2n) is 11.2. The van der Waals surface area contributed by atoms with Crippen molar-refractivity contribution in [2.24, 2.45) is 5.41 Å².